The van der Waals surface area contributed by atoms with Gasteiger partial charge >= 0.3 is 0 Å². The maximum atomic E-state index is 12.6. The smallest absolute Gasteiger partial charge is 0.237 e. The summed E-state index contributed by atoms with van der Waals surface area (Å²) >= 11 is 1.82. The fourth-order valence-electron chi connectivity index (χ4n) is 3.76. The number of aliphatic hydroxyl groups is 1. The first kappa shape index (κ1) is 17.7. The Kier molecular flexibility index (Phi) is 5.45. The van der Waals surface area contributed by atoms with Gasteiger partial charge < -0.3 is 15.7 Å². The maximum absolute atomic E-state index is 12.6. The Labute approximate surface area is 152 Å². The Hall–Kier alpha value is -1.14. The lowest BCUT2D eigenvalue weighted by molar-refractivity contribution is -0.125. The van der Waals surface area contributed by atoms with Gasteiger partial charge in [-0.25, -0.2) is 0 Å². The SMILES string of the molecule is Cl.O=C(NC1CCCCC1O)[C@H]1Cc2c(sc3ccccc23)CN1. The van der Waals surface area contributed by atoms with Crippen molar-refractivity contribution in [2.45, 2.75) is 56.8 Å². The molecule has 2 aromatic rings. The normalized spacial score (nSPS) is 26.5. The highest BCUT2D eigenvalue weighted by Crippen LogP contribution is 2.34. The van der Waals surface area contributed by atoms with Crippen LogP contribution in [0.5, 0.6) is 0 Å². The summed E-state index contributed by atoms with van der Waals surface area (Å²) in [5.41, 5.74) is 1.31. The molecule has 2 aliphatic rings. The van der Waals surface area contributed by atoms with Crippen LogP contribution in [0.3, 0.4) is 0 Å². The topological polar surface area (TPSA) is 61.4 Å². The Morgan fingerprint density at radius 2 is 2.04 bits per heavy atom. The lowest BCUT2D eigenvalue weighted by atomic mass is 9.91. The molecule has 4 rings (SSSR count). The largest absolute Gasteiger partial charge is 0.391 e. The zero-order valence-corrected chi connectivity index (χ0v) is 15.1. The third kappa shape index (κ3) is 3.31. The van der Waals surface area contributed by atoms with E-state index >= 15 is 0 Å². The van der Waals surface area contributed by atoms with Crippen LogP contribution in [0.25, 0.3) is 10.1 Å². The number of hydrogen-bond acceptors (Lipinski definition) is 4. The maximum Gasteiger partial charge on any atom is 0.237 e. The number of carbonyl (C=O) groups excluding carboxylic acids is 1. The summed E-state index contributed by atoms with van der Waals surface area (Å²) in [5.74, 6) is 0.0249. The zero-order valence-electron chi connectivity index (χ0n) is 13.5. The summed E-state index contributed by atoms with van der Waals surface area (Å²) in [6.07, 6.45) is 4.15. The molecule has 1 aliphatic carbocycles. The molecular weight excluding hydrogens is 344 g/mol. The van der Waals surface area contributed by atoms with Crippen molar-refractivity contribution >= 4 is 39.7 Å². The molecule has 6 heteroatoms. The molecule has 4 nitrogen and oxygen atoms in total. The molecule has 1 aromatic carbocycles. The minimum Gasteiger partial charge on any atom is -0.391 e. The third-order valence-corrected chi connectivity index (χ3v) is 6.29. The number of carbonyl (C=O) groups is 1. The highest BCUT2D eigenvalue weighted by Gasteiger charge is 2.30. The molecule has 0 spiro atoms. The van der Waals surface area contributed by atoms with Crippen LogP contribution in [-0.2, 0) is 17.8 Å². The van der Waals surface area contributed by atoms with Crippen LogP contribution in [0.15, 0.2) is 24.3 Å². The van der Waals surface area contributed by atoms with Gasteiger partial charge in [-0.15, -0.1) is 23.7 Å². The van der Waals surface area contributed by atoms with Crippen LogP contribution in [0.2, 0.25) is 0 Å². The van der Waals surface area contributed by atoms with E-state index in [2.05, 4.69) is 34.9 Å². The van der Waals surface area contributed by atoms with Crippen LogP contribution < -0.4 is 10.6 Å². The van der Waals surface area contributed by atoms with Crippen molar-refractivity contribution in [1.29, 1.82) is 0 Å². The minimum absolute atomic E-state index is 0. The number of halogens is 1. The van der Waals surface area contributed by atoms with Gasteiger partial charge in [0.2, 0.25) is 5.91 Å². The fourth-order valence-corrected chi connectivity index (χ4v) is 4.94. The van der Waals surface area contributed by atoms with Crippen LogP contribution in [0.1, 0.15) is 36.1 Å². The first-order valence-electron chi connectivity index (χ1n) is 8.43. The molecule has 0 radical (unpaired) electrons. The Morgan fingerprint density at radius 3 is 2.88 bits per heavy atom. The van der Waals surface area contributed by atoms with Gasteiger partial charge in [0.15, 0.2) is 0 Å². The van der Waals surface area contributed by atoms with E-state index < -0.39 is 6.10 Å². The van der Waals surface area contributed by atoms with E-state index in [9.17, 15) is 9.90 Å². The molecule has 3 atom stereocenters. The van der Waals surface area contributed by atoms with Crippen molar-refractivity contribution in [2.75, 3.05) is 0 Å². The van der Waals surface area contributed by atoms with E-state index in [-0.39, 0.29) is 30.4 Å². The molecule has 3 N–H and O–H groups in total. The third-order valence-electron chi connectivity index (χ3n) is 5.07. The fraction of sp³-hybridized carbons (Fsp3) is 0.500. The molecule has 130 valence electrons. The first-order valence-corrected chi connectivity index (χ1v) is 9.25. The van der Waals surface area contributed by atoms with Crippen LogP contribution in [0.4, 0.5) is 0 Å². The summed E-state index contributed by atoms with van der Waals surface area (Å²) < 4.78 is 1.29. The van der Waals surface area contributed by atoms with Gasteiger partial charge in [0.1, 0.15) is 0 Å². The predicted molar refractivity (Wildman–Crippen MR) is 99.8 cm³/mol. The average Bonchev–Trinajstić information content (AvgIpc) is 2.94. The van der Waals surface area contributed by atoms with Crippen LogP contribution in [-0.4, -0.2) is 29.2 Å². The molecule has 24 heavy (non-hydrogen) atoms. The first-order chi connectivity index (χ1) is 11.2. The molecule has 1 aliphatic heterocycles. The molecule has 2 heterocycles. The number of thiophene rings is 1. The summed E-state index contributed by atoms with van der Waals surface area (Å²) in [4.78, 5) is 13.9. The molecule has 2 unspecified atom stereocenters. The second-order valence-electron chi connectivity index (χ2n) is 6.60. The van der Waals surface area contributed by atoms with Crippen LogP contribution in [0, 0.1) is 0 Å². The number of rotatable bonds is 2. The molecule has 1 aromatic heterocycles. The van der Waals surface area contributed by atoms with E-state index in [0.29, 0.717) is 0 Å². The van der Waals surface area contributed by atoms with E-state index in [1.165, 1.54) is 20.5 Å². The lowest BCUT2D eigenvalue weighted by Crippen LogP contribution is -2.53. The van der Waals surface area contributed by atoms with Gasteiger partial charge in [0.25, 0.3) is 0 Å². The predicted octanol–water partition coefficient (Wildman–Crippen LogP) is 2.76. The van der Waals surface area contributed by atoms with E-state index in [0.717, 1.165) is 38.6 Å². The molecule has 1 amide bonds. The average molecular weight is 367 g/mol. The molecular formula is C18H23ClN2O2S. The second-order valence-corrected chi connectivity index (χ2v) is 7.74. The number of nitrogens with one attached hydrogen (secondary N) is 2. The van der Waals surface area contributed by atoms with Gasteiger partial charge in [-0.05, 0) is 36.3 Å². The molecule has 0 saturated heterocycles. The quantitative estimate of drug-likeness (QED) is 0.765. The Bertz CT molecular complexity index is 733. The number of benzene rings is 1. The highest BCUT2D eigenvalue weighted by atomic mass is 35.5. The number of fused-ring (bicyclic) bond motifs is 3. The zero-order chi connectivity index (χ0) is 15.8. The molecule has 1 saturated carbocycles. The van der Waals surface area contributed by atoms with E-state index in [1.54, 1.807) is 0 Å². The van der Waals surface area contributed by atoms with E-state index in [4.69, 9.17) is 0 Å². The van der Waals surface area contributed by atoms with Gasteiger partial charge in [-0.1, -0.05) is 31.0 Å². The minimum atomic E-state index is -0.395. The standard InChI is InChI=1S/C18H22N2O2S.ClH/c21-15-7-3-2-6-13(15)20-18(22)14-9-12-11-5-1-4-8-16(11)23-17(12)10-19-14;/h1,4-5,8,13-15,19,21H,2-3,6-7,9-10H2,(H,20,22);1H/t13?,14-,15?;/m1./s1. The van der Waals surface area contributed by atoms with Crippen LogP contribution >= 0.6 is 23.7 Å². The number of hydrogen-bond donors (Lipinski definition) is 3. The van der Waals surface area contributed by atoms with E-state index in [1.807, 2.05) is 11.3 Å². The Balaban J connectivity index is 0.00000169. The van der Waals surface area contributed by atoms with Crippen molar-refractivity contribution in [3.05, 3.63) is 34.7 Å². The van der Waals surface area contributed by atoms with Gasteiger partial charge in [-0.2, -0.15) is 0 Å². The highest BCUT2D eigenvalue weighted by molar-refractivity contribution is 7.19. The second kappa shape index (κ2) is 7.40. The lowest BCUT2D eigenvalue weighted by Gasteiger charge is -2.31. The van der Waals surface area contributed by atoms with Crippen molar-refractivity contribution in [1.82, 2.24) is 10.6 Å². The summed E-state index contributed by atoms with van der Waals surface area (Å²) in [7, 11) is 0. The summed E-state index contributed by atoms with van der Waals surface area (Å²) in [6, 6.07) is 8.13. The summed E-state index contributed by atoms with van der Waals surface area (Å²) in [5, 5.41) is 17.7. The summed E-state index contributed by atoms with van der Waals surface area (Å²) in [6.45, 7) is 0.750. The Morgan fingerprint density at radius 1 is 1.25 bits per heavy atom. The van der Waals surface area contributed by atoms with Gasteiger partial charge in [0.05, 0.1) is 18.2 Å². The molecule has 0 bridgehead atoms. The van der Waals surface area contributed by atoms with Crippen molar-refractivity contribution in [3.8, 4) is 0 Å². The van der Waals surface area contributed by atoms with Crippen molar-refractivity contribution in [3.63, 3.8) is 0 Å². The molecule has 1 fully saturated rings. The van der Waals surface area contributed by atoms with Gasteiger partial charge in [-0.3, -0.25) is 4.79 Å². The monoisotopic (exact) mass is 366 g/mol. The van der Waals surface area contributed by atoms with Crippen molar-refractivity contribution in [2.24, 2.45) is 0 Å². The number of aliphatic hydroxyl groups excluding tert-OH is 1. The van der Waals surface area contributed by atoms with Crippen molar-refractivity contribution < 1.29 is 9.90 Å². The van der Waals surface area contributed by atoms with Gasteiger partial charge in [0, 0.05) is 16.1 Å². The number of amides is 1.